The molecule has 2 N–H and O–H groups in total. The number of nitrogens with zero attached hydrogens (tertiary/aromatic N) is 2. The number of allylic oxidation sites excluding steroid dienone is 2. The summed E-state index contributed by atoms with van der Waals surface area (Å²) in [4.78, 5) is 63.4. The normalized spacial score (nSPS) is 32.0. The molecule has 1 saturated carbocycles. The van der Waals surface area contributed by atoms with Gasteiger partial charge in [-0.1, -0.05) is 17.7 Å². The Morgan fingerprint density at radius 2 is 1.67 bits per heavy atom. The van der Waals surface area contributed by atoms with Crippen LogP contribution in [0.15, 0.2) is 54.1 Å². The molecular formula is C29H22Cl2F2N2O7. The van der Waals surface area contributed by atoms with Gasteiger partial charge in [0.2, 0.25) is 11.8 Å². The van der Waals surface area contributed by atoms with E-state index in [9.17, 15) is 37.9 Å². The van der Waals surface area contributed by atoms with Crippen molar-refractivity contribution in [2.75, 3.05) is 11.4 Å². The number of carboxylic acids is 1. The van der Waals surface area contributed by atoms with Crippen LogP contribution in [0.1, 0.15) is 30.7 Å². The molecule has 6 atom stereocenters. The van der Waals surface area contributed by atoms with Crippen molar-refractivity contribution in [1.82, 2.24) is 4.90 Å². The molecule has 2 aliphatic heterocycles. The minimum Gasteiger partial charge on any atom is -0.505 e. The van der Waals surface area contributed by atoms with Crippen LogP contribution < -0.4 is 4.90 Å². The quantitative estimate of drug-likeness (QED) is 0.296. The number of carbonyl (C=O) groups is 5. The topological polar surface area (TPSA) is 132 Å². The number of anilines is 1. The summed E-state index contributed by atoms with van der Waals surface area (Å²) < 4.78 is 28.4. The maximum atomic E-state index is 14.7. The van der Waals surface area contributed by atoms with Crippen molar-refractivity contribution in [3.05, 3.63) is 71.3 Å². The SMILES string of the molecule is O=C(O)CCN1C(=O)C2CC=C3C(CC4(Cl)C(=O)N(c5ccc(F)cc5)C(=O)C4(Cl)C3c3ccc(O)c(F)c3)C2C1=O. The highest BCUT2D eigenvalue weighted by atomic mass is 35.5. The van der Waals surface area contributed by atoms with Gasteiger partial charge in [-0.05, 0) is 60.7 Å². The summed E-state index contributed by atoms with van der Waals surface area (Å²) in [6.07, 6.45) is 0.900. The van der Waals surface area contributed by atoms with E-state index in [-0.39, 0.29) is 30.6 Å². The van der Waals surface area contributed by atoms with E-state index in [1.165, 1.54) is 18.2 Å². The summed E-state index contributed by atoms with van der Waals surface area (Å²) in [6, 6.07) is 7.88. The molecule has 0 bridgehead atoms. The van der Waals surface area contributed by atoms with Crippen LogP contribution >= 0.6 is 23.2 Å². The average Bonchev–Trinajstić information content (AvgIpc) is 3.27. The van der Waals surface area contributed by atoms with Crippen LogP contribution in [0.2, 0.25) is 0 Å². The molecule has 0 spiro atoms. The van der Waals surface area contributed by atoms with Gasteiger partial charge in [0.1, 0.15) is 5.82 Å². The number of aliphatic carboxylic acids is 1. The van der Waals surface area contributed by atoms with E-state index >= 15 is 0 Å². The first-order valence-corrected chi connectivity index (χ1v) is 13.8. The molecule has 3 fully saturated rings. The second-order valence-electron chi connectivity index (χ2n) is 10.9. The van der Waals surface area contributed by atoms with Crippen LogP contribution in [0.4, 0.5) is 14.5 Å². The number of likely N-dealkylation sites (tertiary alicyclic amines) is 1. The van der Waals surface area contributed by atoms with Gasteiger partial charge in [0.05, 0.1) is 23.9 Å². The summed E-state index contributed by atoms with van der Waals surface area (Å²) in [5, 5.41) is 19.0. The first-order chi connectivity index (χ1) is 19.8. The van der Waals surface area contributed by atoms with Crippen molar-refractivity contribution in [3.8, 4) is 5.75 Å². The van der Waals surface area contributed by atoms with E-state index in [4.69, 9.17) is 28.3 Å². The van der Waals surface area contributed by atoms with E-state index in [0.29, 0.717) is 5.57 Å². The first kappa shape index (κ1) is 28.3. The van der Waals surface area contributed by atoms with Gasteiger partial charge in [0.15, 0.2) is 21.3 Å². The van der Waals surface area contributed by atoms with Crippen LogP contribution in [0.5, 0.6) is 5.75 Å². The molecule has 0 radical (unpaired) electrons. The van der Waals surface area contributed by atoms with Crippen LogP contribution in [0.25, 0.3) is 0 Å². The lowest BCUT2D eigenvalue weighted by molar-refractivity contribution is -0.142. The largest absolute Gasteiger partial charge is 0.505 e. The fraction of sp³-hybridized carbons (Fsp3) is 0.345. The zero-order valence-electron chi connectivity index (χ0n) is 21.6. The second kappa shape index (κ2) is 9.60. The highest BCUT2D eigenvalue weighted by molar-refractivity contribution is 6.58. The van der Waals surface area contributed by atoms with E-state index in [1.54, 1.807) is 6.08 Å². The number of carbonyl (C=O) groups excluding carboxylic acids is 4. The lowest BCUT2D eigenvalue weighted by atomic mass is 9.56. The first-order valence-electron chi connectivity index (χ1n) is 13.1. The van der Waals surface area contributed by atoms with Crippen molar-refractivity contribution in [2.24, 2.45) is 17.8 Å². The van der Waals surface area contributed by atoms with Crippen LogP contribution in [0, 0.1) is 29.4 Å². The molecule has 13 heteroatoms. The predicted molar refractivity (Wildman–Crippen MR) is 144 cm³/mol. The Hall–Kier alpha value is -3.83. The van der Waals surface area contributed by atoms with Gasteiger partial charge in [-0.25, -0.2) is 13.7 Å². The Morgan fingerprint density at radius 1 is 0.976 bits per heavy atom. The summed E-state index contributed by atoms with van der Waals surface area (Å²) >= 11 is 14.3. The number of halogens is 4. The number of carboxylic acid groups (broad SMARTS) is 1. The van der Waals surface area contributed by atoms with Gasteiger partial charge in [-0.3, -0.25) is 28.9 Å². The lowest BCUT2D eigenvalue weighted by Crippen LogP contribution is -2.60. The maximum absolute atomic E-state index is 14.7. The van der Waals surface area contributed by atoms with Gasteiger partial charge < -0.3 is 10.2 Å². The van der Waals surface area contributed by atoms with Crippen molar-refractivity contribution >= 4 is 58.5 Å². The zero-order valence-corrected chi connectivity index (χ0v) is 23.1. The smallest absolute Gasteiger partial charge is 0.305 e. The Kier molecular flexibility index (Phi) is 6.47. The summed E-state index contributed by atoms with van der Waals surface area (Å²) in [5.41, 5.74) is 0.496. The van der Waals surface area contributed by atoms with Crippen molar-refractivity contribution in [1.29, 1.82) is 0 Å². The molecule has 2 aromatic carbocycles. The highest BCUT2D eigenvalue weighted by Gasteiger charge is 2.76. The Labute approximate surface area is 247 Å². The number of alkyl halides is 2. The Bertz CT molecular complexity index is 1620. The molecular weight excluding hydrogens is 597 g/mol. The molecule has 4 amide bonds. The molecule has 9 nitrogen and oxygen atoms in total. The minimum atomic E-state index is -2.24. The number of phenols is 1. The third-order valence-corrected chi connectivity index (χ3v) is 10.3. The van der Waals surface area contributed by atoms with E-state index < -0.39 is 86.8 Å². The lowest BCUT2D eigenvalue weighted by Gasteiger charge is -2.50. The van der Waals surface area contributed by atoms with E-state index in [2.05, 4.69) is 0 Å². The van der Waals surface area contributed by atoms with Gasteiger partial charge in [0, 0.05) is 12.5 Å². The van der Waals surface area contributed by atoms with Gasteiger partial charge >= 0.3 is 5.97 Å². The van der Waals surface area contributed by atoms with E-state index in [0.717, 1.165) is 34.1 Å². The molecule has 0 aromatic heterocycles. The number of benzene rings is 2. The number of aromatic hydroxyl groups is 1. The number of amides is 4. The summed E-state index contributed by atoms with van der Waals surface area (Å²) in [6.45, 7) is -0.337. The number of imide groups is 2. The van der Waals surface area contributed by atoms with Crippen molar-refractivity contribution in [2.45, 2.75) is 34.9 Å². The molecule has 6 rings (SSSR count). The molecule has 2 saturated heterocycles. The second-order valence-corrected chi connectivity index (χ2v) is 12.2. The molecule has 2 heterocycles. The third-order valence-electron chi connectivity index (χ3n) is 8.84. The number of hydrogen-bond donors (Lipinski definition) is 2. The molecule has 218 valence electrons. The van der Waals surface area contributed by atoms with Gasteiger partial charge in [-0.15, -0.1) is 23.2 Å². The minimum absolute atomic E-state index is 0.00159. The molecule has 2 aromatic rings. The van der Waals surface area contributed by atoms with Crippen LogP contribution in [-0.4, -0.2) is 61.0 Å². The van der Waals surface area contributed by atoms with Crippen molar-refractivity contribution < 1.29 is 43.0 Å². The molecule has 2 aliphatic carbocycles. The van der Waals surface area contributed by atoms with Crippen molar-refractivity contribution in [3.63, 3.8) is 0 Å². The van der Waals surface area contributed by atoms with Crippen LogP contribution in [0.3, 0.4) is 0 Å². The number of rotatable bonds is 5. The monoisotopic (exact) mass is 618 g/mol. The Morgan fingerprint density at radius 3 is 2.31 bits per heavy atom. The summed E-state index contributed by atoms with van der Waals surface area (Å²) in [7, 11) is 0. The average molecular weight is 619 g/mol. The highest BCUT2D eigenvalue weighted by Crippen LogP contribution is 2.65. The molecule has 6 unspecified atom stereocenters. The Balaban J connectivity index is 1.52. The van der Waals surface area contributed by atoms with E-state index in [1.807, 2.05) is 0 Å². The number of phenolic OH excluding ortho intramolecular Hbond substituents is 1. The number of hydrogen-bond acceptors (Lipinski definition) is 6. The van der Waals surface area contributed by atoms with Crippen LogP contribution in [-0.2, 0) is 24.0 Å². The predicted octanol–water partition coefficient (Wildman–Crippen LogP) is 3.71. The number of fused-ring (bicyclic) bond motifs is 4. The van der Waals surface area contributed by atoms with Gasteiger partial charge in [-0.2, -0.15) is 0 Å². The maximum Gasteiger partial charge on any atom is 0.305 e. The molecule has 4 aliphatic rings. The summed E-state index contributed by atoms with van der Waals surface area (Å²) in [5.74, 6) is -10.6. The zero-order chi connectivity index (χ0) is 30.3. The fourth-order valence-corrected chi connectivity index (χ4v) is 7.90. The standard InChI is InChI=1S/C29H22Cl2F2N2O7/c30-28-12-18-16(6-7-17-22(18)25(40)34(24(17)39)10-9-21(37)38)23(13-1-8-20(36)19(33)11-13)29(28,31)27(42)35(26(28)41)15-4-2-14(32)3-5-15/h1-6,8,11,17-18,22-23,36H,7,9-10,12H2,(H,37,38). The fourth-order valence-electron chi connectivity index (χ4n) is 6.97. The third kappa shape index (κ3) is 3.75. The molecule has 42 heavy (non-hydrogen) atoms. The van der Waals surface area contributed by atoms with Gasteiger partial charge in [0.25, 0.3) is 11.8 Å².